The van der Waals surface area contributed by atoms with Crippen molar-refractivity contribution in [1.29, 1.82) is 0 Å². The van der Waals surface area contributed by atoms with Crippen LogP contribution in [0.15, 0.2) is 0 Å². The molecule has 0 unspecified atom stereocenters. The van der Waals surface area contributed by atoms with Gasteiger partial charge in [-0.05, 0) is 74.5 Å². The molecule has 0 aromatic heterocycles. The summed E-state index contributed by atoms with van der Waals surface area (Å²) in [6.45, 7) is 7.74. The minimum atomic E-state index is -1.38. The van der Waals surface area contributed by atoms with Crippen LogP contribution >= 0.6 is 0 Å². The molecule has 4 rings (SSSR count). The molecule has 0 saturated heterocycles. The zero-order chi connectivity index (χ0) is 19.1. The third-order valence-electron chi connectivity index (χ3n) is 9.44. The Balaban J connectivity index is 1.74. The highest BCUT2D eigenvalue weighted by Crippen LogP contribution is 2.68. The van der Waals surface area contributed by atoms with Crippen molar-refractivity contribution >= 4 is 11.6 Å². The van der Waals surface area contributed by atoms with E-state index in [0.717, 1.165) is 38.5 Å². The van der Waals surface area contributed by atoms with Crippen molar-refractivity contribution in [3.63, 3.8) is 0 Å². The fourth-order valence-corrected chi connectivity index (χ4v) is 8.13. The Labute approximate surface area is 156 Å². The van der Waals surface area contributed by atoms with Gasteiger partial charge in [0, 0.05) is 17.8 Å². The lowest BCUT2D eigenvalue weighted by molar-refractivity contribution is -0.180. The molecule has 4 saturated carbocycles. The van der Waals surface area contributed by atoms with Crippen LogP contribution in [0, 0.1) is 40.4 Å². The van der Waals surface area contributed by atoms with E-state index in [1.54, 1.807) is 0 Å². The lowest BCUT2D eigenvalue weighted by Gasteiger charge is -2.60. The summed E-state index contributed by atoms with van der Waals surface area (Å²) in [5.74, 6) is 0.945. The van der Waals surface area contributed by atoms with Crippen LogP contribution in [0.25, 0.3) is 0 Å². The Morgan fingerprint density at radius 2 is 1.85 bits per heavy atom. The van der Waals surface area contributed by atoms with E-state index in [2.05, 4.69) is 6.92 Å². The second kappa shape index (κ2) is 5.64. The Bertz CT molecular complexity index is 644. The van der Waals surface area contributed by atoms with Crippen LogP contribution in [0.3, 0.4) is 0 Å². The maximum atomic E-state index is 13.5. The number of hydrogen-bond donors (Lipinski definition) is 2. The average Bonchev–Trinajstić information content (AvgIpc) is 2.76. The van der Waals surface area contributed by atoms with E-state index in [-0.39, 0.29) is 46.8 Å². The van der Waals surface area contributed by atoms with E-state index in [4.69, 9.17) is 0 Å². The molecule has 2 N–H and O–H groups in total. The standard InChI is InChI=1S/C22H34O4/c1-12-9-17-16-6-5-14-10-15(24)7-8-20(14,3)19(16)18(25)11-21(17,4)22(12,26)13(2)23/h12,14-17,19,24,26H,5-11H2,1-4H3/t12-,14+,15+,16-,17-,19+,20-,21-,22-/m0/s1. The highest BCUT2D eigenvalue weighted by atomic mass is 16.3. The number of fused-ring (bicyclic) bond motifs is 5. The molecule has 0 aromatic rings. The summed E-state index contributed by atoms with van der Waals surface area (Å²) in [7, 11) is 0. The molecule has 9 atom stereocenters. The first-order valence-electron chi connectivity index (χ1n) is 10.5. The molecule has 0 radical (unpaired) electrons. The smallest absolute Gasteiger partial charge is 0.162 e. The van der Waals surface area contributed by atoms with Crippen molar-refractivity contribution in [2.75, 3.05) is 0 Å². The summed E-state index contributed by atoms with van der Waals surface area (Å²) >= 11 is 0. The number of carbonyl (C=O) groups excluding carboxylic acids is 2. The minimum absolute atomic E-state index is 0.0271. The number of aliphatic hydroxyl groups is 2. The zero-order valence-electron chi connectivity index (χ0n) is 16.6. The Morgan fingerprint density at radius 1 is 1.15 bits per heavy atom. The molecule has 0 amide bonds. The molecule has 0 aliphatic heterocycles. The fraction of sp³-hybridized carbons (Fsp3) is 0.909. The van der Waals surface area contributed by atoms with Gasteiger partial charge in [0.05, 0.1) is 6.10 Å². The number of hydrogen-bond acceptors (Lipinski definition) is 4. The van der Waals surface area contributed by atoms with Crippen molar-refractivity contribution in [2.45, 2.75) is 84.3 Å². The van der Waals surface area contributed by atoms with E-state index >= 15 is 0 Å². The predicted octanol–water partition coefficient (Wildman–Crippen LogP) is 3.14. The molecular formula is C22H34O4. The summed E-state index contributed by atoms with van der Waals surface area (Å²) in [6, 6.07) is 0. The van der Waals surface area contributed by atoms with Gasteiger partial charge in [-0.25, -0.2) is 0 Å². The summed E-state index contributed by atoms with van der Waals surface area (Å²) in [5, 5.41) is 21.5. The van der Waals surface area contributed by atoms with E-state index in [0.29, 0.717) is 12.3 Å². The summed E-state index contributed by atoms with van der Waals surface area (Å²) in [6.07, 6.45) is 5.52. The SMILES string of the molecule is CC(=O)[C@@]1(O)[C@@H](C)C[C@H]2[C@@H]3CC[C@@H]4C[C@H](O)CC[C@]4(C)[C@H]3C(=O)C[C@@]21C. The van der Waals surface area contributed by atoms with Gasteiger partial charge in [-0.3, -0.25) is 9.59 Å². The van der Waals surface area contributed by atoms with Crippen LogP contribution in [-0.2, 0) is 9.59 Å². The van der Waals surface area contributed by atoms with E-state index in [1.807, 2.05) is 13.8 Å². The van der Waals surface area contributed by atoms with Gasteiger partial charge in [0.2, 0.25) is 0 Å². The van der Waals surface area contributed by atoms with Gasteiger partial charge in [-0.1, -0.05) is 20.8 Å². The molecule has 0 spiro atoms. The van der Waals surface area contributed by atoms with Gasteiger partial charge >= 0.3 is 0 Å². The number of aliphatic hydroxyl groups excluding tert-OH is 1. The lowest BCUT2D eigenvalue weighted by Crippen LogP contribution is -2.62. The maximum Gasteiger partial charge on any atom is 0.162 e. The largest absolute Gasteiger partial charge is 0.393 e. The normalized spacial score (nSPS) is 56.5. The van der Waals surface area contributed by atoms with Crippen molar-refractivity contribution in [2.24, 2.45) is 40.4 Å². The summed E-state index contributed by atoms with van der Waals surface area (Å²) < 4.78 is 0. The van der Waals surface area contributed by atoms with Gasteiger partial charge in [0.15, 0.2) is 5.78 Å². The predicted molar refractivity (Wildman–Crippen MR) is 98.3 cm³/mol. The number of ketones is 2. The maximum absolute atomic E-state index is 13.5. The number of Topliss-reactive ketones (excluding diaryl/α,β-unsaturated/α-hetero) is 2. The molecule has 4 nitrogen and oxygen atoms in total. The van der Waals surface area contributed by atoms with Crippen LogP contribution < -0.4 is 0 Å². The molecular weight excluding hydrogens is 328 g/mol. The zero-order valence-corrected chi connectivity index (χ0v) is 16.6. The summed E-state index contributed by atoms with van der Waals surface area (Å²) in [5.41, 5.74) is -2.03. The quantitative estimate of drug-likeness (QED) is 0.751. The highest BCUT2D eigenvalue weighted by Gasteiger charge is 2.70. The first-order chi connectivity index (χ1) is 12.1. The van der Waals surface area contributed by atoms with Gasteiger partial charge in [0.1, 0.15) is 11.4 Å². The molecule has 4 heteroatoms. The van der Waals surface area contributed by atoms with Crippen LogP contribution in [-0.4, -0.2) is 33.5 Å². The molecule has 4 aliphatic carbocycles. The fourth-order valence-electron chi connectivity index (χ4n) is 8.13. The molecule has 26 heavy (non-hydrogen) atoms. The van der Waals surface area contributed by atoms with Gasteiger partial charge < -0.3 is 10.2 Å². The average molecular weight is 363 g/mol. The van der Waals surface area contributed by atoms with E-state index < -0.39 is 11.0 Å². The second-order valence-electron chi connectivity index (χ2n) is 10.5. The third kappa shape index (κ3) is 2.09. The topological polar surface area (TPSA) is 74.6 Å². The highest BCUT2D eigenvalue weighted by molar-refractivity contribution is 5.90. The Kier molecular flexibility index (Phi) is 4.03. The van der Waals surface area contributed by atoms with E-state index in [9.17, 15) is 19.8 Å². The molecule has 4 fully saturated rings. The van der Waals surface area contributed by atoms with Crippen LogP contribution in [0.1, 0.15) is 72.6 Å². The van der Waals surface area contributed by atoms with Gasteiger partial charge in [0.25, 0.3) is 0 Å². The molecule has 0 bridgehead atoms. The third-order valence-corrected chi connectivity index (χ3v) is 9.44. The molecule has 4 aliphatic rings. The Morgan fingerprint density at radius 3 is 2.50 bits per heavy atom. The van der Waals surface area contributed by atoms with Crippen LogP contribution in [0.5, 0.6) is 0 Å². The summed E-state index contributed by atoms with van der Waals surface area (Å²) in [4.78, 5) is 25.9. The molecule has 146 valence electrons. The van der Waals surface area contributed by atoms with Crippen molar-refractivity contribution < 1.29 is 19.8 Å². The lowest BCUT2D eigenvalue weighted by atomic mass is 9.44. The first-order valence-corrected chi connectivity index (χ1v) is 10.5. The van der Waals surface area contributed by atoms with Crippen molar-refractivity contribution in [3.8, 4) is 0 Å². The Hall–Kier alpha value is -0.740. The number of rotatable bonds is 1. The van der Waals surface area contributed by atoms with Crippen LogP contribution in [0.4, 0.5) is 0 Å². The number of carbonyl (C=O) groups is 2. The van der Waals surface area contributed by atoms with Gasteiger partial charge in [-0.15, -0.1) is 0 Å². The van der Waals surface area contributed by atoms with Crippen LogP contribution in [0.2, 0.25) is 0 Å². The van der Waals surface area contributed by atoms with E-state index in [1.165, 1.54) is 6.92 Å². The van der Waals surface area contributed by atoms with Gasteiger partial charge in [-0.2, -0.15) is 0 Å². The molecule has 0 aromatic carbocycles. The first kappa shape index (κ1) is 18.6. The monoisotopic (exact) mass is 362 g/mol. The molecule has 0 heterocycles. The van der Waals surface area contributed by atoms with Crippen molar-refractivity contribution in [1.82, 2.24) is 0 Å². The second-order valence-corrected chi connectivity index (χ2v) is 10.5. The van der Waals surface area contributed by atoms with Crippen molar-refractivity contribution in [3.05, 3.63) is 0 Å². The minimum Gasteiger partial charge on any atom is -0.393 e.